The van der Waals surface area contributed by atoms with Crippen LogP contribution in [0, 0.1) is 17.7 Å². The monoisotopic (exact) mass is 576 g/mol. The van der Waals surface area contributed by atoms with Crippen LogP contribution in [0.3, 0.4) is 0 Å². The highest BCUT2D eigenvalue weighted by Crippen LogP contribution is 2.45. The van der Waals surface area contributed by atoms with E-state index in [2.05, 4.69) is 100 Å². The van der Waals surface area contributed by atoms with Crippen LogP contribution in [-0.4, -0.2) is 4.57 Å². The van der Waals surface area contributed by atoms with Gasteiger partial charge in [-0.25, -0.2) is 4.39 Å². The molecule has 1 aromatic heterocycles. The van der Waals surface area contributed by atoms with Gasteiger partial charge in [0.05, 0.1) is 5.69 Å². The van der Waals surface area contributed by atoms with Gasteiger partial charge in [0.25, 0.3) is 0 Å². The number of halogens is 1. The zero-order valence-corrected chi connectivity index (χ0v) is 26.8. The number of nitrogens with one attached hydrogen (secondary N) is 1. The summed E-state index contributed by atoms with van der Waals surface area (Å²) < 4.78 is 16.7. The van der Waals surface area contributed by atoms with Gasteiger partial charge in [0.1, 0.15) is 5.82 Å². The molecule has 2 nitrogen and oxygen atoms in total. The molecule has 4 rings (SSSR count). The Morgan fingerprint density at radius 3 is 2.05 bits per heavy atom. The normalized spacial score (nSPS) is 12.7. The van der Waals surface area contributed by atoms with Crippen LogP contribution >= 0.6 is 0 Å². The Bertz CT molecular complexity index is 1480. The Morgan fingerprint density at radius 1 is 0.814 bits per heavy atom. The molecule has 0 spiro atoms. The maximum absolute atomic E-state index is 14.2. The average Bonchev–Trinajstić information content (AvgIpc) is 3.33. The highest BCUT2D eigenvalue weighted by molar-refractivity contribution is 5.95. The number of benzene rings is 3. The number of hydrogen-bond donors (Lipinski definition) is 1. The number of anilines is 1. The molecule has 0 aliphatic carbocycles. The molecule has 3 aromatic carbocycles. The van der Waals surface area contributed by atoms with Gasteiger partial charge < -0.3 is 9.88 Å². The smallest absolute Gasteiger partial charge is 0.123 e. The van der Waals surface area contributed by atoms with Crippen LogP contribution in [0.4, 0.5) is 10.1 Å². The van der Waals surface area contributed by atoms with Gasteiger partial charge in [-0.1, -0.05) is 108 Å². The molecular weight excluding hydrogens is 527 g/mol. The Balaban J connectivity index is 1.83. The van der Waals surface area contributed by atoms with Crippen LogP contribution in [0.15, 0.2) is 104 Å². The van der Waals surface area contributed by atoms with E-state index < -0.39 is 0 Å². The van der Waals surface area contributed by atoms with Crippen LogP contribution in [-0.2, 0) is 6.54 Å². The molecule has 226 valence electrons. The first-order valence-corrected chi connectivity index (χ1v) is 15.9. The van der Waals surface area contributed by atoms with Crippen LogP contribution in [0.2, 0.25) is 0 Å². The number of hydrogen-bond acceptors (Lipinski definition) is 1. The number of rotatable bonds is 15. The average molecular weight is 577 g/mol. The summed E-state index contributed by atoms with van der Waals surface area (Å²) in [6.07, 6.45) is 5.61. The van der Waals surface area contributed by atoms with Crippen LogP contribution < -0.4 is 5.32 Å². The van der Waals surface area contributed by atoms with Crippen molar-refractivity contribution in [2.24, 2.45) is 11.8 Å². The van der Waals surface area contributed by atoms with Gasteiger partial charge in [-0.15, -0.1) is 0 Å². The molecule has 0 saturated carbocycles. The van der Waals surface area contributed by atoms with Crippen molar-refractivity contribution in [1.82, 2.24) is 4.57 Å². The molecule has 1 N–H and O–H groups in total. The van der Waals surface area contributed by atoms with Crippen molar-refractivity contribution in [2.45, 2.75) is 79.2 Å². The van der Waals surface area contributed by atoms with E-state index in [0.717, 1.165) is 71.6 Å². The molecule has 1 heterocycles. The number of para-hydroxylation sites is 1. The quantitative estimate of drug-likeness (QED) is 0.139. The van der Waals surface area contributed by atoms with Gasteiger partial charge in [0, 0.05) is 34.8 Å². The van der Waals surface area contributed by atoms with E-state index in [9.17, 15) is 4.39 Å². The second-order valence-electron chi connectivity index (χ2n) is 12.6. The fourth-order valence-corrected chi connectivity index (χ4v) is 6.51. The second-order valence-corrected chi connectivity index (χ2v) is 12.6. The van der Waals surface area contributed by atoms with Gasteiger partial charge in [0.15, 0.2) is 0 Å². The standard InChI is InChI=1S/C40H49FN2/c1-8-15-29(4)26-31(6)27-30(5)24-25-43-39(28(2)3)37(32(7)42-36-18-13-10-14-19-36)38(33-16-11-9-12-17-33)40(43)34-20-22-35(41)23-21-34/h9-14,16-23,28,30-31,42H,4,7-8,15,24-27H2,1-3,5-6H3. The van der Waals surface area contributed by atoms with Gasteiger partial charge >= 0.3 is 0 Å². The SMILES string of the molecule is C=C(CCC)CC(C)CC(C)CCn1c(-c2ccc(F)cc2)c(-c2ccccc2)c(C(=C)Nc2ccccc2)c1C(C)C. The molecule has 0 amide bonds. The molecule has 3 heteroatoms. The predicted molar refractivity (Wildman–Crippen MR) is 185 cm³/mol. The van der Waals surface area contributed by atoms with Crippen molar-refractivity contribution in [3.63, 3.8) is 0 Å². The first-order chi connectivity index (χ1) is 20.7. The van der Waals surface area contributed by atoms with E-state index in [1.54, 1.807) is 12.1 Å². The molecule has 0 saturated heterocycles. The first kappa shape index (κ1) is 32.1. The molecule has 2 atom stereocenters. The van der Waals surface area contributed by atoms with Gasteiger partial charge in [0.2, 0.25) is 0 Å². The minimum atomic E-state index is -0.227. The first-order valence-electron chi connectivity index (χ1n) is 15.9. The lowest BCUT2D eigenvalue weighted by molar-refractivity contribution is 0.371. The lowest BCUT2D eigenvalue weighted by atomic mass is 9.89. The Labute approximate surface area is 259 Å². The number of allylic oxidation sites excluding steroid dienone is 1. The van der Waals surface area contributed by atoms with E-state index in [-0.39, 0.29) is 11.7 Å². The largest absolute Gasteiger partial charge is 0.355 e. The van der Waals surface area contributed by atoms with Crippen LogP contribution in [0.1, 0.15) is 83.9 Å². The summed E-state index contributed by atoms with van der Waals surface area (Å²) in [5.74, 6) is 1.19. The highest BCUT2D eigenvalue weighted by Gasteiger charge is 2.28. The lowest BCUT2D eigenvalue weighted by Gasteiger charge is -2.22. The lowest BCUT2D eigenvalue weighted by Crippen LogP contribution is -2.12. The van der Waals surface area contributed by atoms with Gasteiger partial charge in [-0.3, -0.25) is 0 Å². The molecule has 0 fully saturated rings. The minimum absolute atomic E-state index is 0.227. The minimum Gasteiger partial charge on any atom is -0.355 e. The highest BCUT2D eigenvalue weighted by atomic mass is 19.1. The molecule has 0 aliphatic heterocycles. The molecule has 43 heavy (non-hydrogen) atoms. The molecule has 0 radical (unpaired) electrons. The van der Waals surface area contributed by atoms with E-state index in [1.165, 1.54) is 17.7 Å². The van der Waals surface area contributed by atoms with Crippen molar-refractivity contribution in [3.05, 3.63) is 121 Å². The van der Waals surface area contributed by atoms with Crippen molar-refractivity contribution >= 4 is 11.4 Å². The van der Waals surface area contributed by atoms with Gasteiger partial charge in [-0.2, -0.15) is 0 Å². The summed E-state index contributed by atoms with van der Waals surface area (Å²) in [5, 5.41) is 3.61. The molecule has 2 unspecified atom stereocenters. The predicted octanol–water partition coefficient (Wildman–Crippen LogP) is 12.0. The van der Waals surface area contributed by atoms with E-state index in [0.29, 0.717) is 11.8 Å². The fourth-order valence-electron chi connectivity index (χ4n) is 6.51. The van der Waals surface area contributed by atoms with E-state index in [4.69, 9.17) is 0 Å². The third-order valence-corrected chi connectivity index (χ3v) is 8.29. The maximum atomic E-state index is 14.2. The third-order valence-electron chi connectivity index (χ3n) is 8.29. The molecule has 0 aliphatic rings. The van der Waals surface area contributed by atoms with Crippen molar-refractivity contribution in [2.75, 3.05) is 5.32 Å². The van der Waals surface area contributed by atoms with Crippen molar-refractivity contribution < 1.29 is 4.39 Å². The maximum Gasteiger partial charge on any atom is 0.123 e. The van der Waals surface area contributed by atoms with E-state index in [1.807, 2.05) is 30.3 Å². The van der Waals surface area contributed by atoms with Gasteiger partial charge in [-0.05, 0) is 91.0 Å². The summed E-state index contributed by atoms with van der Waals surface area (Å²) in [6.45, 7) is 21.3. The zero-order chi connectivity index (χ0) is 30.9. The third kappa shape index (κ3) is 8.16. The van der Waals surface area contributed by atoms with Crippen molar-refractivity contribution in [1.29, 1.82) is 0 Å². The summed E-state index contributed by atoms with van der Waals surface area (Å²) in [4.78, 5) is 0. The molecule has 0 bridgehead atoms. The Hall–Kier alpha value is -3.85. The topological polar surface area (TPSA) is 17.0 Å². The van der Waals surface area contributed by atoms with Crippen LogP contribution in [0.5, 0.6) is 0 Å². The Kier molecular flexibility index (Phi) is 11.2. The zero-order valence-electron chi connectivity index (χ0n) is 26.8. The summed E-state index contributed by atoms with van der Waals surface area (Å²) in [7, 11) is 0. The summed E-state index contributed by atoms with van der Waals surface area (Å²) >= 11 is 0. The second kappa shape index (κ2) is 15.0. The van der Waals surface area contributed by atoms with Crippen molar-refractivity contribution in [3.8, 4) is 22.4 Å². The summed E-state index contributed by atoms with van der Waals surface area (Å²) in [6, 6.07) is 27.8. The molecular formula is C40H49FN2. The van der Waals surface area contributed by atoms with Crippen LogP contribution in [0.25, 0.3) is 28.1 Å². The Morgan fingerprint density at radius 2 is 1.44 bits per heavy atom. The fraction of sp³-hybridized carbons (Fsp3) is 0.350. The van der Waals surface area contributed by atoms with E-state index >= 15 is 0 Å². The molecule has 4 aromatic rings. The summed E-state index contributed by atoms with van der Waals surface area (Å²) in [5.41, 5.74) is 10.0. The number of aromatic nitrogens is 1. The number of nitrogens with zero attached hydrogens (tertiary/aromatic N) is 1.